The van der Waals surface area contributed by atoms with Crippen molar-refractivity contribution in [3.05, 3.63) is 58.9 Å². The number of benzene rings is 2. The molecule has 0 fully saturated rings. The van der Waals surface area contributed by atoms with Crippen LogP contribution in [0.5, 0.6) is 11.5 Å². The molecule has 0 atom stereocenters. The van der Waals surface area contributed by atoms with Gasteiger partial charge in [-0.3, -0.25) is 0 Å². The van der Waals surface area contributed by atoms with Gasteiger partial charge < -0.3 is 19.1 Å². The predicted molar refractivity (Wildman–Crippen MR) is 88.5 cm³/mol. The number of hydrogen-bond acceptors (Lipinski definition) is 7. The first-order chi connectivity index (χ1) is 12.1. The maximum Gasteiger partial charge on any atom is 0.342 e. The number of ether oxygens (including phenoxy) is 2. The van der Waals surface area contributed by atoms with E-state index < -0.39 is 5.97 Å². The number of carbonyl (C=O) groups is 1. The molecule has 0 aliphatic heterocycles. The average Bonchev–Trinajstić information content (AvgIpc) is 3.09. The lowest BCUT2D eigenvalue weighted by molar-refractivity contribution is 0.0426. The first-order valence-electron chi connectivity index (χ1n) is 7.19. The minimum atomic E-state index is -0.716. The summed E-state index contributed by atoms with van der Waals surface area (Å²) in [5.41, 5.74) is 0.733. The molecule has 1 heterocycles. The molecule has 0 spiro atoms. The van der Waals surface area contributed by atoms with Crippen molar-refractivity contribution in [3.8, 4) is 22.9 Å². The quantitative estimate of drug-likeness (QED) is 0.696. The third-order valence-electron chi connectivity index (χ3n) is 3.32. The molecule has 0 aliphatic carbocycles. The lowest BCUT2D eigenvalue weighted by atomic mass is 10.2. The number of aromatic hydroxyl groups is 1. The topological polar surface area (TPSA) is 94.7 Å². The van der Waals surface area contributed by atoms with E-state index in [1.807, 2.05) is 0 Å². The summed E-state index contributed by atoms with van der Waals surface area (Å²) in [5.74, 6) is -0.0389. The third-order valence-corrected chi connectivity index (χ3v) is 3.57. The lowest BCUT2D eigenvalue weighted by Gasteiger charge is -2.06. The maximum atomic E-state index is 12.0. The van der Waals surface area contributed by atoms with Gasteiger partial charge in [-0.1, -0.05) is 16.8 Å². The largest absolute Gasteiger partial charge is 0.507 e. The lowest BCUT2D eigenvalue weighted by Crippen LogP contribution is -2.06. The van der Waals surface area contributed by atoms with Crippen LogP contribution in [0.2, 0.25) is 5.02 Å². The van der Waals surface area contributed by atoms with Crippen LogP contribution in [0.1, 0.15) is 16.2 Å². The molecule has 2 aromatic carbocycles. The molecule has 7 nitrogen and oxygen atoms in total. The molecule has 3 rings (SSSR count). The minimum Gasteiger partial charge on any atom is -0.507 e. The summed E-state index contributed by atoms with van der Waals surface area (Å²) in [5, 5.41) is 14.2. The fourth-order valence-corrected chi connectivity index (χ4v) is 2.17. The summed E-state index contributed by atoms with van der Waals surface area (Å²) in [6, 6.07) is 11.2. The Morgan fingerprint density at radius 1 is 1.24 bits per heavy atom. The molecular weight excluding hydrogens is 348 g/mol. The van der Waals surface area contributed by atoms with Crippen LogP contribution in [0.25, 0.3) is 11.4 Å². The van der Waals surface area contributed by atoms with E-state index in [-0.39, 0.29) is 23.8 Å². The number of carbonyl (C=O) groups excluding carboxylic acids is 1. The van der Waals surface area contributed by atoms with Crippen molar-refractivity contribution in [1.82, 2.24) is 10.1 Å². The summed E-state index contributed by atoms with van der Waals surface area (Å²) in [6.45, 7) is -0.217. The highest BCUT2D eigenvalue weighted by Crippen LogP contribution is 2.24. The summed E-state index contributed by atoms with van der Waals surface area (Å²) in [6.07, 6.45) is 0. The van der Waals surface area contributed by atoms with Crippen LogP contribution in [0.4, 0.5) is 0 Å². The van der Waals surface area contributed by atoms with E-state index in [0.717, 1.165) is 5.56 Å². The zero-order chi connectivity index (χ0) is 17.8. The van der Waals surface area contributed by atoms with Crippen molar-refractivity contribution in [2.75, 3.05) is 7.11 Å². The Balaban J connectivity index is 1.66. The van der Waals surface area contributed by atoms with E-state index >= 15 is 0 Å². The van der Waals surface area contributed by atoms with E-state index in [0.29, 0.717) is 16.6 Å². The van der Waals surface area contributed by atoms with E-state index in [1.54, 1.807) is 30.3 Å². The van der Waals surface area contributed by atoms with Gasteiger partial charge in [-0.25, -0.2) is 4.79 Å². The molecule has 128 valence electrons. The van der Waals surface area contributed by atoms with Crippen LogP contribution < -0.4 is 4.74 Å². The van der Waals surface area contributed by atoms with Crippen LogP contribution in [0, 0.1) is 0 Å². The molecule has 25 heavy (non-hydrogen) atoms. The molecule has 0 bridgehead atoms. The number of phenols is 1. The molecule has 0 radical (unpaired) electrons. The Kier molecular flexibility index (Phi) is 4.85. The highest BCUT2D eigenvalue weighted by molar-refractivity contribution is 6.30. The maximum absolute atomic E-state index is 12.0. The highest BCUT2D eigenvalue weighted by Gasteiger charge is 2.16. The van der Waals surface area contributed by atoms with Crippen molar-refractivity contribution in [2.45, 2.75) is 6.61 Å². The Labute approximate surface area is 147 Å². The zero-order valence-electron chi connectivity index (χ0n) is 13.1. The van der Waals surface area contributed by atoms with Gasteiger partial charge in [0.05, 0.1) is 7.11 Å². The normalized spacial score (nSPS) is 10.5. The number of methoxy groups -OCH3 is 1. The van der Waals surface area contributed by atoms with E-state index in [9.17, 15) is 9.90 Å². The molecule has 0 aliphatic rings. The van der Waals surface area contributed by atoms with Crippen LogP contribution in [-0.2, 0) is 11.3 Å². The Morgan fingerprint density at radius 2 is 2.00 bits per heavy atom. The third kappa shape index (κ3) is 3.89. The molecular formula is C17H13ClN2O5. The Bertz CT molecular complexity index is 892. The highest BCUT2D eigenvalue weighted by atomic mass is 35.5. The van der Waals surface area contributed by atoms with Crippen molar-refractivity contribution in [3.63, 3.8) is 0 Å². The number of aromatic nitrogens is 2. The predicted octanol–water partition coefficient (Wildman–Crippen LogP) is 3.46. The summed E-state index contributed by atoms with van der Waals surface area (Å²) < 4.78 is 15.1. The van der Waals surface area contributed by atoms with Gasteiger partial charge in [-0.05, 0) is 36.4 Å². The zero-order valence-corrected chi connectivity index (χ0v) is 13.9. The van der Waals surface area contributed by atoms with Gasteiger partial charge in [-0.2, -0.15) is 4.98 Å². The van der Waals surface area contributed by atoms with Crippen molar-refractivity contribution < 1.29 is 23.9 Å². The summed E-state index contributed by atoms with van der Waals surface area (Å²) in [4.78, 5) is 16.2. The van der Waals surface area contributed by atoms with E-state index in [1.165, 1.54) is 19.2 Å². The molecule has 1 aromatic heterocycles. The molecule has 0 unspecified atom stereocenters. The fraction of sp³-hybridized carbons (Fsp3) is 0.118. The van der Waals surface area contributed by atoms with Gasteiger partial charge in [0.2, 0.25) is 5.82 Å². The summed E-state index contributed by atoms with van der Waals surface area (Å²) >= 11 is 5.83. The van der Waals surface area contributed by atoms with Crippen LogP contribution in [0.15, 0.2) is 47.0 Å². The fourth-order valence-electron chi connectivity index (χ4n) is 2.05. The first-order valence-corrected chi connectivity index (χ1v) is 7.57. The van der Waals surface area contributed by atoms with Gasteiger partial charge in [0, 0.05) is 16.7 Å². The molecule has 1 N–H and O–H groups in total. The summed E-state index contributed by atoms with van der Waals surface area (Å²) in [7, 11) is 1.46. The minimum absolute atomic E-state index is 0.0123. The molecule has 3 aromatic rings. The number of halogens is 1. The van der Waals surface area contributed by atoms with E-state index in [4.69, 9.17) is 25.6 Å². The Morgan fingerprint density at radius 3 is 2.68 bits per heavy atom. The number of esters is 1. The van der Waals surface area contributed by atoms with Gasteiger partial charge in [0.15, 0.2) is 6.61 Å². The monoisotopic (exact) mass is 360 g/mol. The Hall–Kier alpha value is -3.06. The number of phenolic OH excluding ortho intramolecular Hbond substituents is 1. The number of nitrogens with zero attached hydrogens (tertiary/aromatic N) is 2. The standard InChI is InChI=1S/C17H13ClN2O5/c1-23-12-6-7-13(14(21)8-12)17(22)24-9-15-19-16(20-25-15)10-2-4-11(18)5-3-10/h2-8,21H,9H2,1H3. The van der Waals surface area contributed by atoms with Gasteiger partial charge in [0.1, 0.15) is 17.1 Å². The van der Waals surface area contributed by atoms with Gasteiger partial charge in [-0.15, -0.1) is 0 Å². The molecule has 0 saturated carbocycles. The average molecular weight is 361 g/mol. The van der Waals surface area contributed by atoms with Gasteiger partial charge >= 0.3 is 5.97 Å². The van der Waals surface area contributed by atoms with Crippen molar-refractivity contribution >= 4 is 17.6 Å². The second kappa shape index (κ2) is 7.23. The smallest absolute Gasteiger partial charge is 0.342 e. The second-order valence-electron chi connectivity index (χ2n) is 4.98. The van der Waals surface area contributed by atoms with Crippen LogP contribution in [0.3, 0.4) is 0 Å². The number of hydrogen-bond donors (Lipinski definition) is 1. The van der Waals surface area contributed by atoms with Gasteiger partial charge in [0.25, 0.3) is 5.89 Å². The SMILES string of the molecule is COc1ccc(C(=O)OCc2nc(-c3ccc(Cl)cc3)no2)c(O)c1. The second-order valence-corrected chi connectivity index (χ2v) is 5.41. The van der Waals surface area contributed by atoms with Crippen LogP contribution >= 0.6 is 11.6 Å². The van der Waals surface area contributed by atoms with Crippen LogP contribution in [-0.4, -0.2) is 28.3 Å². The van der Waals surface area contributed by atoms with Crippen molar-refractivity contribution in [1.29, 1.82) is 0 Å². The number of rotatable bonds is 5. The molecule has 0 amide bonds. The molecule has 0 saturated heterocycles. The molecule has 8 heteroatoms. The van der Waals surface area contributed by atoms with E-state index in [2.05, 4.69) is 10.1 Å². The first kappa shape index (κ1) is 16.8. The van der Waals surface area contributed by atoms with Crippen molar-refractivity contribution in [2.24, 2.45) is 0 Å².